The van der Waals surface area contributed by atoms with E-state index < -0.39 is 0 Å². The molecule has 1 saturated carbocycles. The lowest BCUT2D eigenvalue weighted by Crippen LogP contribution is -2.43. The fourth-order valence-electron chi connectivity index (χ4n) is 3.49. The minimum atomic E-state index is 0.541. The maximum absolute atomic E-state index is 4.53. The average molecular weight is 339 g/mol. The monoisotopic (exact) mass is 339 g/mol. The number of rotatable bonds is 5. The summed E-state index contributed by atoms with van der Waals surface area (Å²) in [6.07, 6.45) is 8.57. The molecule has 25 heavy (non-hydrogen) atoms. The van der Waals surface area contributed by atoms with E-state index in [2.05, 4.69) is 41.9 Å². The molecule has 0 radical (unpaired) electrons. The lowest BCUT2D eigenvalue weighted by Gasteiger charge is -2.29. The summed E-state index contributed by atoms with van der Waals surface area (Å²) in [5.74, 6) is 2.43. The van der Waals surface area contributed by atoms with E-state index in [0.717, 1.165) is 43.6 Å². The van der Waals surface area contributed by atoms with E-state index in [9.17, 15) is 0 Å². The van der Waals surface area contributed by atoms with Gasteiger partial charge in [0.15, 0.2) is 0 Å². The van der Waals surface area contributed by atoms with Crippen LogP contribution in [0.25, 0.3) is 0 Å². The molecule has 1 saturated heterocycles. The molecule has 132 valence electrons. The number of hydrogen-bond acceptors (Lipinski definition) is 7. The molecule has 0 amide bonds. The Morgan fingerprint density at radius 2 is 1.76 bits per heavy atom. The van der Waals surface area contributed by atoms with Crippen LogP contribution in [-0.4, -0.2) is 47.2 Å². The maximum atomic E-state index is 4.53. The highest BCUT2D eigenvalue weighted by atomic mass is 15.2. The average Bonchev–Trinajstić information content (AvgIpc) is 3.16. The van der Waals surface area contributed by atoms with Crippen molar-refractivity contribution in [2.45, 2.75) is 31.7 Å². The number of pyridine rings is 1. The van der Waals surface area contributed by atoms with Crippen molar-refractivity contribution >= 4 is 23.1 Å². The van der Waals surface area contributed by atoms with Crippen molar-refractivity contribution in [3.8, 4) is 0 Å². The molecule has 0 atom stereocenters. The molecule has 7 heteroatoms. The topological polar surface area (TPSA) is 78.0 Å². The maximum Gasteiger partial charge on any atom is 0.137 e. The van der Waals surface area contributed by atoms with Crippen LogP contribution in [0.2, 0.25) is 0 Å². The van der Waals surface area contributed by atoms with Crippen LogP contribution in [0.15, 0.2) is 30.7 Å². The van der Waals surface area contributed by atoms with Crippen LogP contribution in [0.1, 0.15) is 25.7 Å². The van der Waals surface area contributed by atoms with E-state index >= 15 is 0 Å². The van der Waals surface area contributed by atoms with Gasteiger partial charge in [-0.1, -0.05) is 12.8 Å². The van der Waals surface area contributed by atoms with Gasteiger partial charge in [-0.05, 0) is 25.0 Å². The van der Waals surface area contributed by atoms with Crippen molar-refractivity contribution < 1.29 is 0 Å². The van der Waals surface area contributed by atoms with Gasteiger partial charge in [-0.15, -0.1) is 0 Å². The smallest absolute Gasteiger partial charge is 0.137 e. The molecule has 2 aromatic rings. The molecule has 4 rings (SSSR count). The first-order valence-electron chi connectivity index (χ1n) is 9.14. The van der Waals surface area contributed by atoms with E-state index in [1.54, 1.807) is 6.33 Å². The van der Waals surface area contributed by atoms with Crippen molar-refractivity contribution in [1.29, 1.82) is 0 Å². The van der Waals surface area contributed by atoms with Crippen molar-refractivity contribution in [3.05, 3.63) is 30.7 Å². The van der Waals surface area contributed by atoms with Crippen molar-refractivity contribution in [1.82, 2.24) is 20.3 Å². The first-order valence-corrected chi connectivity index (χ1v) is 9.14. The predicted molar refractivity (Wildman–Crippen MR) is 101 cm³/mol. The van der Waals surface area contributed by atoms with Gasteiger partial charge < -0.3 is 20.9 Å². The molecular weight excluding hydrogens is 314 g/mol. The number of hydrogen-bond donors (Lipinski definition) is 3. The minimum absolute atomic E-state index is 0.541. The van der Waals surface area contributed by atoms with Gasteiger partial charge in [-0.25, -0.2) is 15.0 Å². The fourth-order valence-corrected chi connectivity index (χ4v) is 3.49. The molecule has 0 bridgehead atoms. The zero-order valence-corrected chi connectivity index (χ0v) is 14.4. The highest BCUT2D eigenvalue weighted by molar-refractivity contribution is 5.58. The first kappa shape index (κ1) is 16.1. The summed E-state index contributed by atoms with van der Waals surface area (Å²) in [7, 11) is 0. The normalized spacial score (nSPS) is 18.3. The summed E-state index contributed by atoms with van der Waals surface area (Å²) in [5.41, 5.74) is 1.17. The molecule has 2 fully saturated rings. The van der Waals surface area contributed by atoms with E-state index in [-0.39, 0.29) is 0 Å². The van der Waals surface area contributed by atoms with Crippen LogP contribution in [0.5, 0.6) is 0 Å². The summed E-state index contributed by atoms with van der Waals surface area (Å²) in [5, 5.41) is 10.1. The number of aromatic nitrogens is 3. The summed E-state index contributed by atoms with van der Waals surface area (Å²) in [6.45, 7) is 4.10. The molecule has 1 aliphatic carbocycles. The molecule has 0 spiro atoms. The largest absolute Gasteiger partial charge is 0.368 e. The van der Waals surface area contributed by atoms with Gasteiger partial charge in [0.05, 0.1) is 11.9 Å². The molecule has 0 aromatic carbocycles. The second-order valence-electron chi connectivity index (χ2n) is 6.68. The lowest BCUT2D eigenvalue weighted by molar-refractivity contribution is 0.589. The van der Waals surface area contributed by atoms with Crippen LogP contribution < -0.4 is 20.9 Å². The van der Waals surface area contributed by atoms with Crippen LogP contribution in [0, 0.1) is 0 Å². The zero-order valence-electron chi connectivity index (χ0n) is 14.4. The number of nitrogens with one attached hydrogen (secondary N) is 3. The Morgan fingerprint density at radius 1 is 0.960 bits per heavy atom. The molecule has 3 N–H and O–H groups in total. The molecule has 2 aromatic heterocycles. The van der Waals surface area contributed by atoms with Gasteiger partial charge in [0.1, 0.15) is 23.8 Å². The van der Waals surface area contributed by atoms with Gasteiger partial charge in [-0.3, -0.25) is 0 Å². The quantitative estimate of drug-likeness (QED) is 0.772. The van der Waals surface area contributed by atoms with Gasteiger partial charge in [0.25, 0.3) is 0 Å². The third-order valence-electron chi connectivity index (χ3n) is 4.86. The minimum Gasteiger partial charge on any atom is -0.368 e. The molecule has 7 nitrogen and oxygen atoms in total. The van der Waals surface area contributed by atoms with Crippen LogP contribution >= 0.6 is 0 Å². The Hall–Kier alpha value is -2.41. The van der Waals surface area contributed by atoms with Crippen molar-refractivity contribution in [2.75, 3.05) is 41.7 Å². The second kappa shape index (κ2) is 7.65. The summed E-state index contributed by atoms with van der Waals surface area (Å²) in [6, 6.07) is 6.60. The molecule has 1 aliphatic heterocycles. The molecule has 2 aliphatic rings. The number of piperazine rings is 1. The molecule has 3 heterocycles. The van der Waals surface area contributed by atoms with Gasteiger partial charge >= 0.3 is 0 Å². The third kappa shape index (κ3) is 4.17. The predicted octanol–water partition coefficient (Wildman–Crippen LogP) is 2.38. The van der Waals surface area contributed by atoms with E-state index in [4.69, 9.17) is 0 Å². The highest BCUT2D eigenvalue weighted by Crippen LogP contribution is 2.23. The Balaban J connectivity index is 1.39. The lowest BCUT2D eigenvalue weighted by atomic mass is 10.2. The Bertz CT molecular complexity index is 676. The van der Waals surface area contributed by atoms with Crippen LogP contribution in [0.3, 0.4) is 0 Å². The molecular formula is C18H25N7. The van der Waals surface area contributed by atoms with Gasteiger partial charge in [-0.2, -0.15) is 0 Å². The Kier molecular flexibility index (Phi) is 4.92. The van der Waals surface area contributed by atoms with Gasteiger partial charge in [0.2, 0.25) is 0 Å². The third-order valence-corrected chi connectivity index (χ3v) is 4.86. The standard InChI is InChI=1S/C18H25N7/c1-2-4-14(3-1)23-17-11-18(22-13-21-17)24-16-6-5-15(12-20-16)25-9-7-19-8-10-25/h5-6,11-14,19H,1-4,7-10H2,(H2,20,21,22,23,24). The summed E-state index contributed by atoms with van der Waals surface area (Å²) < 4.78 is 0. The van der Waals surface area contributed by atoms with Gasteiger partial charge in [0, 0.05) is 38.3 Å². The zero-order chi connectivity index (χ0) is 16.9. The molecule has 0 unspecified atom stereocenters. The van der Waals surface area contributed by atoms with E-state index in [1.807, 2.05) is 18.3 Å². The fraction of sp³-hybridized carbons (Fsp3) is 0.500. The van der Waals surface area contributed by atoms with Crippen molar-refractivity contribution in [3.63, 3.8) is 0 Å². The van der Waals surface area contributed by atoms with E-state index in [1.165, 1.54) is 31.4 Å². The second-order valence-corrected chi connectivity index (χ2v) is 6.68. The Morgan fingerprint density at radius 3 is 2.52 bits per heavy atom. The first-order chi connectivity index (χ1) is 12.4. The SMILES string of the molecule is c1nc(Nc2ccc(N3CCNCC3)cn2)cc(NC2CCCC2)n1. The summed E-state index contributed by atoms with van der Waals surface area (Å²) >= 11 is 0. The Labute approximate surface area is 148 Å². The number of anilines is 4. The summed E-state index contributed by atoms with van der Waals surface area (Å²) in [4.78, 5) is 15.5. The van der Waals surface area contributed by atoms with Crippen LogP contribution in [0.4, 0.5) is 23.1 Å². The van der Waals surface area contributed by atoms with E-state index in [0.29, 0.717) is 6.04 Å². The number of nitrogens with zero attached hydrogens (tertiary/aromatic N) is 4. The van der Waals surface area contributed by atoms with Crippen LogP contribution in [-0.2, 0) is 0 Å². The highest BCUT2D eigenvalue weighted by Gasteiger charge is 2.15. The van der Waals surface area contributed by atoms with Crippen molar-refractivity contribution in [2.24, 2.45) is 0 Å².